The van der Waals surface area contributed by atoms with Gasteiger partial charge in [0.15, 0.2) is 5.76 Å². The molecule has 0 aliphatic heterocycles. The molecule has 0 atom stereocenters. The first-order chi connectivity index (χ1) is 48.7. The highest BCUT2D eigenvalue weighted by Gasteiger charge is 2.41. The van der Waals surface area contributed by atoms with Crippen molar-refractivity contribution in [3.05, 3.63) is 158 Å². The van der Waals surface area contributed by atoms with Crippen LogP contribution in [0.3, 0.4) is 0 Å². The molecule has 0 amide bonds. The molecule has 11 rings (SSSR count). The number of methoxy groups -OCH3 is 2. The van der Waals surface area contributed by atoms with Crippen LogP contribution in [0.2, 0.25) is 5.02 Å². The molecule has 9 aromatic heterocycles. The number of carbonyl (C=O) groups is 3. The van der Waals surface area contributed by atoms with Gasteiger partial charge in [-0.05, 0) is 108 Å². The van der Waals surface area contributed by atoms with Crippen LogP contribution < -0.4 is 0 Å². The quantitative estimate of drug-likeness (QED) is 0.0554. The van der Waals surface area contributed by atoms with Gasteiger partial charge in [-0.3, -0.25) is 0 Å². The first kappa shape index (κ1) is 90.4. The number of aromatic nitrogens is 4. The summed E-state index contributed by atoms with van der Waals surface area (Å²) in [6, 6.07) is 20.6. The zero-order valence-corrected chi connectivity index (χ0v) is 68.7. The van der Waals surface area contributed by atoms with Crippen molar-refractivity contribution in [2.45, 2.75) is 80.8 Å². The second kappa shape index (κ2) is 37.0. The molecule has 106 heavy (non-hydrogen) atoms. The Kier molecular flexibility index (Phi) is 31.6. The molecule has 0 aliphatic rings. The normalized spacial score (nSPS) is 11.8. The number of thiazole rings is 1. The predicted octanol–water partition coefficient (Wildman–Crippen LogP) is 16.2. The van der Waals surface area contributed by atoms with Crippen LogP contribution in [0.5, 0.6) is 0 Å². The number of benzene rings is 2. The Hall–Kier alpha value is -6.21. The van der Waals surface area contributed by atoms with Gasteiger partial charge in [-0.15, -0.1) is 34.0 Å². The summed E-state index contributed by atoms with van der Waals surface area (Å²) in [5.41, 5.74) is 2.42. The number of aryl methyl sites for hydroxylation is 5. The van der Waals surface area contributed by atoms with E-state index < -0.39 is 108 Å². The van der Waals surface area contributed by atoms with E-state index in [0.29, 0.717) is 44.5 Å². The number of carbonyl (C=O) groups excluding carboxylic acids is 3. The molecule has 0 saturated carbocycles. The number of thiophene rings is 2. The average molecular weight is 1850 g/mol. The van der Waals surface area contributed by atoms with Gasteiger partial charge in [-0.1, -0.05) is 22.8 Å². The van der Waals surface area contributed by atoms with Gasteiger partial charge in [0.1, 0.15) is 90.7 Å². The highest BCUT2D eigenvalue weighted by atomic mass is 35.7. The molecule has 576 valence electrons. The number of ether oxygens (including phenoxy) is 3. The maximum Gasteiger partial charge on any atom is 0.450 e. The van der Waals surface area contributed by atoms with Crippen LogP contribution in [0.25, 0.3) is 43.5 Å². The standard InChI is InChI=1S/C14H12Cl2O5S.C8H6ClNO2S3.C8H9ClO5S.C7H4ClNO3S2.C7H7ClO5S.C6H3ClN2O2S2.C5H2ClF3O3S/c1-3-20-14(17)11-8(2)21-12(13(11)22(16,18)19)9-4-6-10(15)7-5-9;1-5-10-6(4-13-5)7-2-3-8(14-7)15(9,11)12;1-4-6(8(10)13-3)7(5(2)14-4)15(9,11)12;8-14(10,11)7-2-1-6(13-7)5-3-4-12-9-5;1-4-5(7(9)12-2)3-6(13-4)14(8,10)11;7-13(10,11)5-3-1-2-4-6(5)9-12-8-4;6-13(10,11)3-1-2-12-4(3)5(7,8)9/h4-7H,3H2,1-2H3;2-4H,1H3;1-3H3;1-4H;3H,1-2H3;1-3H;1-2H. The van der Waals surface area contributed by atoms with Crippen molar-refractivity contribution in [1.82, 2.24) is 18.9 Å². The van der Waals surface area contributed by atoms with E-state index in [4.69, 9.17) is 104 Å². The lowest BCUT2D eigenvalue weighted by atomic mass is 10.1. The van der Waals surface area contributed by atoms with Crippen LogP contribution in [-0.2, 0) is 83.7 Å². The molecule has 0 N–H and O–H groups in total. The minimum absolute atomic E-state index is 0.0143. The van der Waals surface area contributed by atoms with E-state index in [9.17, 15) is 86.5 Å². The fourth-order valence-electron chi connectivity index (χ4n) is 7.84. The van der Waals surface area contributed by atoms with Crippen LogP contribution in [0.1, 0.15) is 71.8 Å². The zero-order chi connectivity index (χ0) is 80.2. The molecule has 51 heteroatoms. The fraction of sp³-hybridized carbons (Fsp3) is 0.182. The molecule has 9 heterocycles. The van der Waals surface area contributed by atoms with Crippen molar-refractivity contribution >= 4 is 224 Å². The largest absolute Gasteiger partial charge is 0.465 e. The summed E-state index contributed by atoms with van der Waals surface area (Å²) in [4.78, 5) is 38.4. The molecule has 11 aromatic rings. The third-order valence-corrected chi connectivity index (χ3v) is 26.7. The van der Waals surface area contributed by atoms with Gasteiger partial charge in [0, 0.05) is 103 Å². The molecule has 2 aromatic carbocycles. The summed E-state index contributed by atoms with van der Waals surface area (Å²) in [6.45, 7) is 9.40. The molecule has 0 bridgehead atoms. The average Bonchev–Trinajstić information content (AvgIpc) is 1.61. The summed E-state index contributed by atoms with van der Waals surface area (Å²) < 4.78 is 237. The van der Waals surface area contributed by atoms with E-state index in [1.54, 1.807) is 61.5 Å². The highest BCUT2D eigenvalue weighted by molar-refractivity contribution is 8.16. The monoisotopic (exact) mass is 1850 g/mol. The Labute approximate surface area is 652 Å². The summed E-state index contributed by atoms with van der Waals surface area (Å²) in [7, 11) is 10.8. The Bertz CT molecular complexity index is 5830. The Balaban J connectivity index is 0.000000224. The van der Waals surface area contributed by atoms with Gasteiger partial charge in [0.25, 0.3) is 63.4 Å². The number of nitrogens with zero attached hydrogens (tertiary/aromatic N) is 4. The molecule has 0 saturated heterocycles. The topological polar surface area (TPSA) is 435 Å². The third kappa shape index (κ3) is 25.2. The minimum atomic E-state index is -4.86. The number of hydrogen-bond acceptors (Lipinski definition) is 33. The van der Waals surface area contributed by atoms with Crippen LogP contribution in [0, 0.1) is 34.6 Å². The van der Waals surface area contributed by atoms with Crippen molar-refractivity contribution in [2.24, 2.45) is 0 Å². The van der Waals surface area contributed by atoms with E-state index in [0.717, 1.165) is 63.2 Å². The Morgan fingerprint density at radius 2 is 1.08 bits per heavy atom. The zero-order valence-electron chi connectivity index (χ0n) is 53.7. The van der Waals surface area contributed by atoms with Gasteiger partial charge < -0.3 is 36.4 Å². The Morgan fingerprint density at radius 1 is 0.547 bits per heavy atom. The summed E-state index contributed by atoms with van der Waals surface area (Å²) in [5.74, 6) is -3.39. The van der Waals surface area contributed by atoms with Crippen LogP contribution >= 0.6 is 132 Å². The summed E-state index contributed by atoms with van der Waals surface area (Å²) in [5, 5.41) is 6.55. The lowest BCUT2D eigenvalue weighted by Gasteiger charge is -2.03. The summed E-state index contributed by atoms with van der Waals surface area (Å²) >= 11 is 10.5. The van der Waals surface area contributed by atoms with Crippen molar-refractivity contribution in [1.29, 1.82) is 0 Å². The van der Waals surface area contributed by atoms with Gasteiger partial charge in [-0.25, -0.2) is 78.3 Å². The third-order valence-electron chi connectivity index (χ3n) is 12.1. The molecule has 0 fully saturated rings. The van der Waals surface area contributed by atoms with Crippen LogP contribution in [-0.4, -0.2) is 117 Å². The fourth-order valence-corrected chi connectivity index (χ4v) is 18.7. The first-order valence-electron chi connectivity index (χ1n) is 27.2. The minimum Gasteiger partial charge on any atom is -0.465 e. The van der Waals surface area contributed by atoms with E-state index in [1.165, 1.54) is 70.6 Å². The molecule has 0 spiro atoms. The van der Waals surface area contributed by atoms with Gasteiger partial charge in [0.05, 0.1) is 59.3 Å². The van der Waals surface area contributed by atoms with Crippen molar-refractivity contribution in [3.63, 3.8) is 0 Å². The SMILES string of the molecule is CCOC(=O)c1c(C)oc(-c2ccc(Cl)cc2)c1S(=O)(=O)Cl.COC(=O)c1c(C)oc(C)c1S(=O)(=O)Cl.COC(=O)c1cc(S(=O)(=O)Cl)oc1C.Cc1nc(-c2ccc(S(=O)(=O)Cl)s2)cs1.O=S(=O)(Cl)c1ccc(-c2ccon2)s1.O=S(=O)(Cl)c1cccc2nsnc12.O=S(=O)(Cl)c1ccoc1C(F)(F)F. The van der Waals surface area contributed by atoms with E-state index in [1.807, 2.05) is 12.3 Å². The van der Waals surface area contributed by atoms with Crippen molar-refractivity contribution in [3.8, 4) is 32.5 Å². The number of rotatable bonds is 14. The van der Waals surface area contributed by atoms with Crippen molar-refractivity contribution < 1.29 is 123 Å². The lowest BCUT2D eigenvalue weighted by molar-refractivity contribution is -0.155. The number of fused-ring (bicyclic) bond motifs is 1. The van der Waals surface area contributed by atoms with E-state index in [-0.39, 0.29) is 70.3 Å². The van der Waals surface area contributed by atoms with Gasteiger partial charge in [-0.2, -0.15) is 21.9 Å². The predicted molar refractivity (Wildman–Crippen MR) is 387 cm³/mol. The maximum absolute atomic E-state index is 12.0. The molecular formula is C55H43Cl8F3N4O25S11. The molecular weight excluding hydrogens is 1810 g/mol. The maximum atomic E-state index is 12.0. The second-order valence-corrected chi connectivity index (χ2v) is 41.6. The number of hydrogen-bond donors (Lipinski definition) is 0. The second-order valence-electron chi connectivity index (χ2n) is 19.3. The van der Waals surface area contributed by atoms with Crippen LogP contribution in [0.4, 0.5) is 13.2 Å². The number of furan rings is 4. The lowest BCUT2D eigenvalue weighted by Crippen LogP contribution is -2.09. The smallest absolute Gasteiger partial charge is 0.450 e. The first-order valence-corrected chi connectivity index (χ1v) is 47.0. The summed E-state index contributed by atoms with van der Waals surface area (Å²) in [6.07, 6.45) is -2.83. The van der Waals surface area contributed by atoms with Crippen LogP contribution in [0.15, 0.2) is 158 Å². The molecule has 0 aliphatic carbocycles. The number of alkyl halides is 3. The van der Waals surface area contributed by atoms with E-state index >= 15 is 0 Å². The van der Waals surface area contributed by atoms with E-state index in [2.05, 4.69) is 37.3 Å². The van der Waals surface area contributed by atoms with Crippen molar-refractivity contribution in [2.75, 3.05) is 20.8 Å². The van der Waals surface area contributed by atoms with Gasteiger partial charge >= 0.3 is 24.1 Å². The molecule has 0 radical (unpaired) electrons. The number of halogens is 11. The molecule has 29 nitrogen and oxygen atoms in total. The highest BCUT2D eigenvalue weighted by Crippen LogP contribution is 2.40. The number of esters is 3. The van der Waals surface area contributed by atoms with Gasteiger partial charge in [0.2, 0.25) is 10.9 Å². The molecule has 0 unspecified atom stereocenters. The Morgan fingerprint density at radius 3 is 1.52 bits per heavy atom.